The first-order chi connectivity index (χ1) is 6.48. The number of anilines is 1. The second-order valence-corrected chi connectivity index (χ2v) is 5.34. The van der Waals surface area contributed by atoms with Crippen molar-refractivity contribution in [3.8, 4) is 0 Å². The summed E-state index contributed by atoms with van der Waals surface area (Å²) in [5, 5.41) is 3.57. The van der Waals surface area contributed by atoms with E-state index < -0.39 is 0 Å². The molecule has 1 nitrogen and oxygen atoms in total. The molecule has 1 aliphatic rings. The lowest BCUT2D eigenvalue weighted by molar-refractivity contribution is 0.592. The fraction of sp³-hybridized carbons (Fsp3) is 0.538. The minimum Gasteiger partial charge on any atom is -0.382 e. The Labute approximate surface area is 86.5 Å². The fourth-order valence-corrected chi connectivity index (χ4v) is 2.19. The molecule has 0 aromatic heterocycles. The minimum absolute atomic E-state index is 0.238. The van der Waals surface area contributed by atoms with Crippen molar-refractivity contribution in [3.05, 3.63) is 29.3 Å². The topological polar surface area (TPSA) is 12.0 Å². The zero-order valence-corrected chi connectivity index (χ0v) is 9.52. The van der Waals surface area contributed by atoms with E-state index in [0.717, 1.165) is 0 Å². The molecule has 0 amide bonds. The summed E-state index contributed by atoms with van der Waals surface area (Å²) in [4.78, 5) is 0. The second kappa shape index (κ2) is 3.01. The van der Waals surface area contributed by atoms with Crippen molar-refractivity contribution < 1.29 is 0 Å². The van der Waals surface area contributed by atoms with Crippen LogP contribution in [-0.2, 0) is 11.8 Å². The van der Waals surface area contributed by atoms with Crippen LogP contribution in [0.1, 0.15) is 38.8 Å². The molecule has 0 radical (unpaired) electrons. The van der Waals surface area contributed by atoms with Gasteiger partial charge in [0.15, 0.2) is 0 Å². The predicted molar refractivity (Wildman–Crippen MR) is 61.9 cm³/mol. The molecular formula is C13H19N. The Morgan fingerprint density at radius 3 is 2.64 bits per heavy atom. The van der Waals surface area contributed by atoms with Gasteiger partial charge in [0.1, 0.15) is 0 Å². The molecule has 1 N–H and O–H groups in total. The largest absolute Gasteiger partial charge is 0.382 e. The Balaban J connectivity index is 2.50. The van der Waals surface area contributed by atoms with Crippen molar-refractivity contribution in [2.75, 3.05) is 5.32 Å². The van der Waals surface area contributed by atoms with Gasteiger partial charge >= 0.3 is 0 Å². The number of rotatable bonds is 0. The molecule has 14 heavy (non-hydrogen) atoms. The number of hydrogen-bond acceptors (Lipinski definition) is 1. The molecule has 1 aliphatic heterocycles. The van der Waals surface area contributed by atoms with Crippen LogP contribution in [0.25, 0.3) is 0 Å². The summed E-state index contributed by atoms with van der Waals surface area (Å²) in [5.41, 5.74) is 4.54. The Morgan fingerprint density at radius 2 is 2.00 bits per heavy atom. The van der Waals surface area contributed by atoms with Crippen molar-refractivity contribution in [1.82, 2.24) is 0 Å². The highest BCUT2D eigenvalue weighted by Gasteiger charge is 2.24. The highest BCUT2D eigenvalue weighted by atomic mass is 14.9. The zero-order chi connectivity index (χ0) is 10.3. The molecule has 0 fully saturated rings. The van der Waals surface area contributed by atoms with Crippen molar-refractivity contribution in [1.29, 1.82) is 0 Å². The molecule has 1 heteroatoms. The quantitative estimate of drug-likeness (QED) is 0.660. The summed E-state index contributed by atoms with van der Waals surface area (Å²) in [6.07, 6.45) is 1.17. The van der Waals surface area contributed by atoms with Crippen molar-refractivity contribution in [3.63, 3.8) is 0 Å². The lowest BCUT2D eigenvalue weighted by Crippen LogP contribution is -2.15. The predicted octanol–water partition coefficient (Wildman–Crippen LogP) is 3.34. The molecule has 1 heterocycles. The Morgan fingerprint density at radius 1 is 1.29 bits per heavy atom. The molecule has 0 aliphatic carbocycles. The first-order valence-corrected chi connectivity index (χ1v) is 5.37. The van der Waals surface area contributed by atoms with Crippen LogP contribution in [0.15, 0.2) is 18.2 Å². The number of hydrogen-bond donors (Lipinski definition) is 1. The summed E-state index contributed by atoms with van der Waals surface area (Å²) in [5.74, 6) is 0. The normalized spacial score (nSPS) is 20.4. The van der Waals surface area contributed by atoms with Gasteiger partial charge in [-0.1, -0.05) is 39.0 Å². The van der Waals surface area contributed by atoms with Crippen molar-refractivity contribution in [2.45, 2.75) is 45.6 Å². The Bertz CT molecular complexity index is 347. The maximum atomic E-state index is 3.57. The smallest absolute Gasteiger partial charge is 0.0413 e. The van der Waals surface area contributed by atoms with Gasteiger partial charge in [-0.15, -0.1) is 0 Å². The number of benzene rings is 1. The van der Waals surface area contributed by atoms with E-state index in [0.29, 0.717) is 6.04 Å². The summed E-state index contributed by atoms with van der Waals surface area (Å²) in [7, 11) is 0. The van der Waals surface area contributed by atoms with E-state index in [2.05, 4.69) is 51.2 Å². The van der Waals surface area contributed by atoms with E-state index in [4.69, 9.17) is 0 Å². The van der Waals surface area contributed by atoms with Crippen LogP contribution in [0.3, 0.4) is 0 Å². The Hall–Kier alpha value is -0.980. The van der Waals surface area contributed by atoms with E-state index in [9.17, 15) is 0 Å². The SMILES string of the molecule is C[C@H]1Cc2cccc(C(C)(C)C)c2N1. The monoisotopic (exact) mass is 189 g/mol. The first kappa shape index (κ1) is 9.57. The fourth-order valence-electron chi connectivity index (χ4n) is 2.19. The molecule has 0 saturated heterocycles. The first-order valence-electron chi connectivity index (χ1n) is 5.37. The van der Waals surface area contributed by atoms with Gasteiger partial charge in [0.05, 0.1) is 0 Å². The molecule has 76 valence electrons. The summed E-state index contributed by atoms with van der Waals surface area (Å²) in [6, 6.07) is 7.25. The lowest BCUT2D eigenvalue weighted by Gasteiger charge is -2.22. The van der Waals surface area contributed by atoms with Crippen LogP contribution in [0.4, 0.5) is 5.69 Å². The molecule has 0 spiro atoms. The molecule has 0 bridgehead atoms. The van der Waals surface area contributed by atoms with E-state index in [1.807, 2.05) is 0 Å². The third-order valence-electron chi connectivity index (χ3n) is 2.88. The molecule has 1 atom stereocenters. The molecule has 0 unspecified atom stereocenters. The van der Waals surface area contributed by atoms with Gasteiger partial charge in [-0.3, -0.25) is 0 Å². The van der Waals surface area contributed by atoms with E-state index in [1.54, 1.807) is 0 Å². The summed E-state index contributed by atoms with van der Waals surface area (Å²) < 4.78 is 0. The average Bonchev–Trinajstić information content (AvgIpc) is 2.41. The van der Waals surface area contributed by atoms with E-state index in [-0.39, 0.29) is 5.41 Å². The van der Waals surface area contributed by atoms with Crippen molar-refractivity contribution >= 4 is 5.69 Å². The minimum atomic E-state index is 0.238. The maximum Gasteiger partial charge on any atom is 0.0413 e. The van der Waals surface area contributed by atoms with Gasteiger partial charge in [-0.25, -0.2) is 0 Å². The van der Waals surface area contributed by atoms with Gasteiger partial charge in [0.25, 0.3) is 0 Å². The highest BCUT2D eigenvalue weighted by molar-refractivity contribution is 5.64. The van der Waals surface area contributed by atoms with Gasteiger partial charge in [0, 0.05) is 11.7 Å². The maximum absolute atomic E-state index is 3.57. The van der Waals surface area contributed by atoms with Crippen molar-refractivity contribution in [2.24, 2.45) is 0 Å². The molecule has 1 aromatic carbocycles. The summed E-state index contributed by atoms with van der Waals surface area (Å²) >= 11 is 0. The Kier molecular flexibility index (Phi) is 2.06. The third-order valence-corrected chi connectivity index (χ3v) is 2.88. The van der Waals surface area contributed by atoms with Crippen LogP contribution in [0, 0.1) is 0 Å². The summed E-state index contributed by atoms with van der Waals surface area (Å²) in [6.45, 7) is 9.06. The average molecular weight is 189 g/mol. The van der Waals surface area contributed by atoms with Gasteiger partial charge in [-0.05, 0) is 29.9 Å². The van der Waals surface area contributed by atoms with Crippen LogP contribution in [0.2, 0.25) is 0 Å². The second-order valence-electron chi connectivity index (χ2n) is 5.34. The van der Waals surface area contributed by atoms with Crippen LogP contribution >= 0.6 is 0 Å². The van der Waals surface area contributed by atoms with Gasteiger partial charge in [-0.2, -0.15) is 0 Å². The van der Waals surface area contributed by atoms with Crippen LogP contribution in [-0.4, -0.2) is 6.04 Å². The zero-order valence-electron chi connectivity index (χ0n) is 9.52. The molecule has 0 saturated carbocycles. The number of nitrogens with one attached hydrogen (secondary N) is 1. The van der Waals surface area contributed by atoms with E-state index in [1.165, 1.54) is 23.2 Å². The van der Waals surface area contributed by atoms with Gasteiger partial charge in [0.2, 0.25) is 0 Å². The molecular weight excluding hydrogens is 170 g/mol. The number of fused-ring (bicyclic) bond motifs is 1. The molecule has 1 aromatic rings. The van der Waals surface area contributed by atoms with Crippen LogP contribution < -0.4 is 5.32 Å². The lowest BCUT2D eigenvalue weighted by atomic mass is 9.85. The highest BCUT2D eigenvalue weighted by Crippen LogP contribution is 2.36. The van der Waals surface area contributed by atoms with Crippen LogP contribution in [0.5, 0.6) is 0 Å². The standard InChI is InChI=1S/C13H19N/c1-9-8-10-6-5-7-11(12(10)14-9)13(2,3)4/h5-7,9,14H,8H2,1-4H3/t9-/m0/s1. The third kappa shape index (κ3) is 1.52. The van der Waals surface area contributed by atoms with Gasteiger partial charge < -0.3 is 5.32 Å². The molecule has 2 rings (SSSR count). The number of para-hydroxylation sites is 1. The van der Waals surface area contributed by atoms with E-state index >= 15 is 0 Å².